The number of aromatic nitrogens is 2. The third-order valence-corrected chi connectivity index (χ3v) is 6.89. The normalized spacial score (nSPS) is 16.7. The van der Waals surface area contributed by atoms with Gasteiger partial charge in [-0.1, -0.05) is 29.8 Å². The Morgan fingerprint density at radius 1 is 1.02 bits per heavy atom. The summed E-state index contributed by atoms with van der Waals surface area (Å²) in [6, 6.07) is 14.6. The summed E-state index contributed by atoms with van der Waals surface area (Å²) < 4.78 is 16.5. The van der Waals surface area contributed by atoms with E-state index < -0.39 is 23.5 Å². The van der Waals surface area contributed by atoms with Crippen LogP contribution in [0, 0.1) is 6.92 Å². The number of imidazole rings is 1. The molecule has 9 nitrogen and oxygen atoms in total. The number of ketones is 1. The minimum atomic E-state index is -1.01. The summed E-state index contributed by atoms with van der Waals surface area (Å²) >= 11 is 6.36. The van der Waals surface area contributed by atoms with Gasteiger partial charge in [0, 0.05) is 6.07 Å². The van der Waals surface area contributed by atoms with Crippen molar-refractivity contribution in [2.24, 2.45) is 0 Å². The number of amides is 1. The van der Waals surface area contributed by atoms with Gasteiger partial charge < -0.3 is 24.3 Å². The molecule has 0 saturated carbocycles. The van der Waals surface area contributed by atoms with Crippen LogP contribution >= 0.6 is 11.6 Å². The Labute approximate surface area is 235 Å². The first kappa shape index (κ1) is 27.1. The molecule has 2 N–H and O–H groups in total. The van der Waals surface area contributed by atoms with Crippen LogP contribution in [0.5, 0.6) is 17.2 Å². The van der Waals surface area contributed by atoms with Crippen molar-refractivity contribution >= 4 is 46.0 Å². The average Bonchev–Trinajstić information content (AvgIpc) is 3.45. The Morgan fingerprint density at radius 2 is 1.73 bits per heavy atom. The lowest BCUT2D eigenvalue weighted by Gasteiger charge is -2.23. The van der Waals surface area contributed by atoms with Gasteiger partial charge in [-0.25, -0.2) is 4.98 Å². The van der Waals surface area contributed by atoms with Crippen LogP contribution in [-0.4, -0.2) is 47.1 Å². The first-order valence-electron chi connectivity index (χ1n) is 12.6. The van der Waals surface area contributed by atoms with Crippen LogP contribution in [0.3, 0.4) is 0 Å². The molecule has 1 unspecified atom stereocenters. The van der Waals surface area contributed by atoms with E-state index in [1.165, 1.54) is 31.3 Å². The Bertz CT molecular complexity index is 1660. The molecule has 1 aliphatic rings. The number of ether oxygens (including phenoxy) is 3. The molecule has 206 valence electrons. The zero-order valence-electron chi connectivity index (χ0n) is 22.6. The number of H-pyrrole nitrogens is 1. The lowest BCUT2D eigenvalue weighted by Crippen LogP contribution is -2.30. The van der Waals surface area contributed by atoms with E-state index in [4.69, 9.17) is 25.8 Å². The van der Waals surface area contributed by atoms with Gasteiger partial charge in [-0.15, -0.1) is 0 Å². The maximum atomic E-state index is 13.6. The second kappa shape index (κ2) is 10.6. The molecule has 1 fully saturated rings. The number of hydrogen-bond donors (Lipinski definition) is 2. The molecule has 10 heteroatoms. The zero-order chi connectivity index (χ0) is 28.7. The number of Topliss-reactive ketones (excluding diaryl/α,β-unsaturated/α-hetero) is 1. The van der Waals surface area contributed by atoms with Crippen molar-refractivity contribution < 1.29 is 28.9 Å². The molecule has 5 rings (SSSR count). The smallest absolute Gasteiger partial charge is 0.302 e. The minimum absolute atomic E-state index is 0.0391. The SMILES string of the molecule is COc1cc(OC)c(/C(O)=C2\C(=O)C(=O)N(c3nc4ccc(C)cc4[nH]3)C2c2ccc(OC(C)C)cc2)cc1Cl. The fourth-order valence-electron chi connectivity index (χ4n) is 4.78. The van der Waals surface area contributed by atoms with Crippen molar-refractivity contribution in [3.8, 4) is 17.2 Å². The molecule has 0 aliphatic carbocycles. The number of carbonyl (C=O) groups is 2. The number of hydrogen-bond acceptors (Lipinski definition) is 7. The fraction of sp³-hybridized carbons (Fsp3) is 0.233. The van der Waals surface area contributed by atoms with E-state index in [1.807, 2.05) is 39.0 Å². The number of carbonyl (C=O) groups excluding carboxylic acids is 2. The Kier molecular flexibility index (Phi) is 7.16. The largest absolute Gasteiger partial charge is 0.507 e. The lowest BCUT2D eigenvalue weighted by molar-refractivity contribution is -0.132. The molecule has 2 heterocycles. The number of aliphatic hydroxyl groups is 1. The number of aryl methyl sites for hydroxylation is 1. The number of aliphatic hydroxyl groups excluding tert-OH is 1. The van der Waals surface area contributed by atoms with Crippen LogP contribution < -0.4 is 19.1 Å². The minimum Gasteiger partial charge on any atom is -0.507 e. The number of nitrogens with zero attached hydrogens (tertiary/aromatic N) is 2. The van der Waals surface area contributed by atoms with E-state index in [-0.39, 0.29) is 34.0 Å². The van der Waals surface area contributed by atoms with Crippen molar-refractivity contribution in [3.63, 3.8) is 0 Å². The summed E-state index contributed by atoms with van der Waals surface area (Å²) in [5.41, 5.74) is 2.90. The van der Waals surface area contributed by atoms with Crippen molar-refractivity contribution in [3.05, 3.63) is 81.9 Å². The number of aromatic amines is 1. The molecule has 3 aromatic carbocycles. The highest BCUT2D eigenvalue weighted by Gasteiger charge is 2.48. The molecule has 1 amide bonds. The number of halogens is 1. The van der Waals surface area contributed by atoms with Gasteiger partial charge in [0.25, 0.3) is 5.78 Å². The van der Waals surface area contributed by atoms with Gasteiger partial charge in [-0.2, -0.15) is 0 Å². The number of anilines is 1. The molecule has 1 aromatic heterocycles. The first-order valence-corrected chi connectivity index (χ1v) is 13.0. The third-order valence-electron chi connectivity index (χ3n) is 6.59. The quantitative estimate of drug-likeness (QED) is 0.163. The summed E-state index contributed by atoms with van der Waals surface area (Å²) in [5, 5.41) is 11.8. The Morgan fingerprint density at radius 3 is 2.38 bits per heavy atom. The van der Waals surface area contributed by atoms with Crippen LogP contribution in [0.4, 0.5) is 5.95 Å². The Hall–Kier alpha value is -4.50. The third kappa shape index (κ3) is 4.73. The number of fused-ring (bicyclic) bond motifs is 1. The summed E-state index contributed by atoms with van der Waals surface area (Å²) in [6.45, 7) is 5.78. The van der Waals surface area contributed by atoms with Crippen LogP contribution in [0.1, 0.15) is 36.6 Å². The van der Waals surface area contributed by atoms with Crippen LogP contribution in [0.2, 0.25) is 5.02 Å². The molecule has 0 radical (unpaired) electrons. The molecule has 40 heavy (non-hydrogen) atoms. The van der Waals surface area contributed by atoms with Crippen LogP contribution in [0.25, 0.3) is 16.8 Å². The number of rotatable bonds is 7. The van der Waals surface area contributed by atoms with Gasteiger partial charge in [0.15, 0.2) is 0 Å². The van der Waals surface area contributed by atoms with Crippen LogP contribution in [-0.2, 0) is 9.59 Å². The highest BCUT2D eigenvalue weighted by atomic mass is 35.5. The molecule has 1 atom stereocenters. The average molecular weight is 562 g/mol. The molecule has 4 aromatic rings. The molecule has 1 aliphatic heterocycles. The predicted octanol–water partition coefficient (Wildman–Crippen LogP) is 5.96. The molecule has 1 saturated heterocycles. The summed E-state index contributed by atoms with van der Waals surface area (Å²) in [7, 11) is 2.87. The second-order valence-electron chi connectivity index (χ2n) is 9.67. The maximum Gasteiger partial charge on any atom is 0.302 e. The van der Waals surface area contributed by atoms with E-state index >= 15 is 0 Å². The van der Waals surface area contributed by atoms with Gasteiger partial charge in [0.1, 0.15) is 23.0 Å². The number of methoxy groups -OCH3 is 2. The zero-order valence-corrected chi connectivity index (χ0v) is 23.4. The van der Waals surface area contributed by atoms with E-state index in [1.54, 1.807) is 24.3 Å². The van der Waals surface area contributed by atoms with E-state index in [0.29, 0.717) is 28.1 Å². The molecular formula is C30H28ClN3O6. The topological polar surface area (TPSA) is 114 Å². The predicted molar refractivity (Wildman–Crippen MR) is 152 cm³/mol. The maximum absolute atomic E-state index is 13.6. The highest BCUT2D eigenvalue weighted by molar-refractivity contribution is 6.51. The van der Waals surface area contributed by atoms with Gasteiger partial charge in [0.05, 0.1) is 53.6 Å². The summed E-state index contributed by atoms with van der Waals surface area (Å²) in [6.07, 6.45) is -0.0391. The fourth-order valence-corrected chi connectivity index (χ4v) is 5.02. The van der Waals surface area contributed by atoms with Gasteiger partial charge in [-0.3, -0.25) is 14.5 Å². The van der Waals surface area contributed by atoms with E-state index in [0.717, 1.165) is 5.56 Å². The first-order chi connectivity index (χ1) is 19.1. The van der Waals surface area contributed by atoms with Crippen LogP contribution in [0.15, 0.2) is 60.2 Å². The standard InChI is InChI=1S/C30H28ClN3O6/c1-15(2)40-18-9-7-17(8-10-18)26-25(27(35)19-13-20(31)24(39-5)14-23(19)38-4)28(36)29(37)34(26)30-32-21-11-6-16(3)12-22(21)33-30/h6-15,26,35H,1-5H3,(H,32,33)/b27-25+. The van der Waals surface area contributed by atoms with E-state index in [2.05, 4.69) is 9.97 Å². The molecular weight excluding hydrogens is 534 g/mol. The number of benzene rings is 3. The monoisotopic (exact) mass is 561 g/mol. The van der Waals surface area contributed by atoms with Gasteiger partial charge in [-0.05, 0) is 62.2 Å². The highest BCUT2D eigenvalue weighted by Crippen LogP contribution is 2.44. The van der Waals surface area contributed by atoms with Crippen molar-refractivity contribution in [2.75, 3.05) is 19.1 Å². The lowest BCUT2D eigenvalue weighted by atomic mass is 9.95. The molecule has 0 bridgehead atoms. The van der Waals surface area contributed by atoms with Crippen molar-refractivity contribution in [2.45, 2.75) is 32.9 Å². The van der Waals surface area contributed by atoms with Crippen molar-refractivity contribution in [1.29, 1.82) is 0 Å². The van der Waals surface area contributed by atoms with Gasteiger partial charge in [0.2, 0.25) is 5.95 Å². The van der Waals surface area contributed by atoms with Gasteiger partial charge >= 0.3 is 5.91 Å². The second-order valence-corrected chi connectivity index (χ2v) is 10.1. The Balaban J connectivity index is 1.73. The summed E-state index contributed by atoms with van der Waals surface area (Å²) in [5.74, 6) is -0.831. The van der Waals surface area contributed by atoms with Crippen molar-refractivity contribution in [1.82, 2.24) is 9.97 Å². The summed E-state index contributed by atoms with van der Waals surface area (Å²) in [4.78, 5) is 36.2. The number of nitrogens with one attached hydrogen (secondary N) is 1. The molecule has 0 spiro atoms. The van der Waals surface area contributed by atoms with E-state index in [9.17, 15) is 14.7 Å².